The van der Waals surface area contributed by atoms with Gasteiger partial charge in [-0.05, 0) is 56.0 Å². The van der Waals surface area contributed by atoms with Crippen molar-refractivity contribution in [2.45, 2.75) is 25.2 Å². The lowest BCUT2D eigenvalue weighted by Gasteiger charge is -2.19. The van der Waals surface area contributed by atoms with Crippen molar-refractivity contribution < 1.29 is 0 Å². The summed E-state index contributed by atoms with van der Waals surface area (Å²) in [5.74, 6) is 0. The van der Waals surface area contributed by atoms with E-state index in [1.807, 2.05) is 25.1 Å². The van der Waals surface area contributed by atoms with E-state index >= 15 is 0 Å². The molecule has 2 heterocycles. The first-order valence-electron chi connectivity index (χ1n) is 7.59. The highest BCUT2D eigenvalue weighted by molar-refractivity contribution is 7.97. The third kappa shape index (κ3) is 3.59. The van der Waals surface area contributed by atoms with Gasteiger partial charge in [-0.3, -0.25) is 4.79 Å². The van der Waals surface area contributed by atoms with Gasteiger partial charge < -0.3 is 9.29 Å². The van der Waals surface area contributed by atoms with Gasteiger partial charge >= 0.3 is 0 Å². The Labute approximate surface area is 141 Å². The number of hydrogen-bond donors (Lipinski definition) is 1. The molecule has 0 fully saturated rings. The maximum Gasteiger partial charge on any atom is 0.255 e. The molecule has 0 saturated carbocycles. The highest BCUT2D eigenvalue weighted by atomic mass is 32.2. The standard InChI is InChI=1S/C17H18N2OS.C2H4/c1-3-5-13-9-11-19(12(13)2)21-16-7-4-6-15-14(16)8-10-18-17(15)20;1-2/h3-8,10H,9,11H2,1-2H3,(H,18,20);1-2H2/b5-3-;. The molecule has 1 aromatic heterocycles. The van der Waals surface area contributed by atoms with Gasteiger partial charge in [0.2, 0.25) is 0 Å². The zero-order valence-corrected chi connectivity index (χ0v) is 14.5. The lowest BCUT2D eigenvalue weighted by molar-refractivity contribution is 0.628. The van der Waals surface area contributed by atoms with Gasteiger partial charge in [-0.1, -0.05) is 18.2 Å². The van der Waals surface area contributed by atoms with Crippen LogP contribution in [0.5, 0.6) is 0 Å². The molecule has 0 radical (unpaired) electrons. The minimum atomic E-state index is -0.0294. The maximum atomic E-state index is 11.9. The van der Waals surface area contributed by atoms with Crippen LogP contribution in [0.2, 0.25) is 0 Å². The second-order valence-corrected chi connectivity index (χ2v) is 6.14. The zero-order valence-electron chi connectivity index (χ0n) is 13.6. The summed E-state index contributed by atoms with van der Waals surface area (Å²) in [6, 6.07) is 7.87. The minimum absolute atomic E-state index is 0.0294. The summed E-state index contributed by atoms with van der Waals surface area (Å²) in [5, 5.41) is 1.76. The van der Waals surface area contributed by atoms with Crippen LogP contribution in [0.4, 0.5) is 0 Å². The molecule has 4 heteroatoms. The molecule has 0 unspecified atom stereocenters. The molecule has 0 bridgehead atoms. The summed E-state index contributed by atoms with van der Waals surface area (Å²) in [4.78, 5) is 15.7. The third-order valence-electron chi connectivity index (χ3n) is 3.77. The van der Waals surface area contributed by atoms with Gasteiger partial charge in [0, 0.05) is 34.1 Å². The summed E-state index contributed by atoms with van der Waals surface area (Å²) in [5.41, 5.74) is 2.67. The van der Waals surface area contributed by atoms with Gasteiger partial charge in [-0.25, -0.2) is 0 Å². The number of benzene rings is 1. The van der Waals surface area contributed by atoms with E-state index in [1.165, 1.54) is 11.3 Å². The van der Waals surface area contributed by atoms with Gasteiger partial charge in [0.15, 0.2) is 0 Å². The zero-order chi connectivity index (χ0) is 16.8. The van der Waals surface area contributed by atoms with Crippen LogP contribution in [0.25, 0.3) is 10.8 Å². The molecular weight excluding hydrogens is 304 g/mol. The van der Waals surface area contributed by atoms with E-state index in [0.717, 1.165) is 28.6 Å². The Bertz CT molecular complexity index is 804. The molecule has 3 rings (SSSR count). The summed E-state index contributed by atoms with van der Waals surface area (Å²) >= 11 is 1.72. The smallest absolute Gasteiger partial charge is 0.255 e. The highest BCUT2D eigenvalue weighted by Gasteiger charge is 2.19. The lowest BCUT2D eigenvalue weighted by atomic mass is 10.2. The van der Waals surface area contributed by atoms with Crippen molar-refractivity contribution in [1.82, 2.24) is 9.29 Å². The van der Waals surface area contributed by atoms with Crippen molar-refractivity contribution in [2.75, 3.05) is 6.54 Å². The molecule has 23 heavy (non-hydrogen) atoms. The third-order valence-corrected chi connectivity index (χ3v) is 5.00. The fourth-order valence-electron chi connectivity index (χ4n) is 2.64. The van der Waals surface area contributed by atoms with Crippen molar-refractivity contribution in [3.05, 3.63) is 77.4 Å². The number of fused-ring (bicyclic) bond motifs is 1. The van der Waals surface area contributed by atoms with Crippen LogP contribution in [0.3, 0.4) is 0 Å². The largest absolute Gasteiger partial charge is 0.329 e. The number of rotatable bonds is 3. The molecule has 0 atom stereocenters. The molecule has 2 aromatic rings. The number of hydrogen-bond acceptors (Lipinski definition) is 3. The van der Waals surface area contributed by atoms with E-state index in [2.05, 4.69) is 47.6 Å². The van der Waals surface area contributed by atoms with Crippen molar-refractivity contribution in [3.8, 4) is 0 Å². The fourth-order valence-corrected chi connectivity index (χ4v) is 3.73. The number of nitrogens with one attached hydrogen (secondary N) is 1. The monoisotopic (exact) mass is 326 g/mol. The topological polar surface area (TPSA) is 36.1 Å². The Morgan fingerprint density at radius 2 is 2.04 bits per heavy atom. The number of allylic oxidation sites excluding steroid dienone is 3. The SMILES string of the molecule is C/C=C\C1=C(C)N(Sc2cccc3c(=O)[nH]ccc23)CC1.C=C. The number of H-pyrrole nitrogens is 1. The molecule has 1 N–H and O–H groups in total. The minimum Gasteiger partial charge on any atom is -0.329 e. The summed E-state index contributed by atoms with van der Waals surface area (Å²) in [6.07, 6.45) is 7.06. The van der Waals surface area contributed by atoms with Crippen LogP contribution in [-0.2, 0) is 0 Å². The van der Waals surface area contributed by atoms with Gasteiger partial charge in [0.05, 0.1) is 0 Å². The molecular formula is C19H22N2OS. The second-order valence-electron chi connectivity index (χ2n) is 5.08. The number of nitrogens with zero attached hydrogens (tertiary/aromatic N) is 1. The van der Waals surface area contributed by atoms with E-state index in [0.29, 0.717) is 0 Å². The predicted octanol–water partition coefficient (Wildman–Crippen LogP) is 4.89. The molecule has 0 saturated heterocycles. The van der Waals surface area contributed by atoms with E-state index in [4.69, 9.17) is 0 Å². The molecule has 3 nitrogen and oxygen atoms in total. The van der Waals surface area contributed by atoms with Gasteiger partial charge in [-0.15, -0.1) is 13.2 Å². The van der Waals surface area contributed by atoms with E-state index in [9.17, 15) is 4.79 Å². The Morgan fingerprint density at radius 1 is 1.26 bits per heavy atom. The number of aromatic nitrogens is 1. The first-order valence-corrected chi connectivity index (χ1v) is 8.36. The number of aromatic amines is 1. The lowest BCUT2D eigenvalue weighted by Crippen LogP contribution is -2.09. The fraction of sp³-hybridized carbons (Fsp3) is 0.211. The first kappa shape index (κ1) is 17.2. The van der Waals surface area contributed by atoms with Crippen LogP contribution in [0.15, 0.2) is 76.7 Å². The highest BCUT2D eigenvalue weighted by Crippen LogP contribution is 2.36. The summed E-state index contributed by atoms with van der Waals surface area (Å²) < 4.78 is 2.31. The number of pyridine rings is 1. The van der Waals surface area contributed by atoms with Crippen molar-refractivity contribution in [2.24, 2.45) is 0 Å². The Balaban J connectivity index is 0.000000924. The summed E-state index contributed by atoms with van der Waals surface area (Å²) in [6.45, 7) is 11.2. The van der Waals surface area contributed by atoms with Crippen LogP contribution < -0.4 is 5.56 Å². The molecule has 120 valence electrons. The molecule has 1 aliphatic heterocycles. The van der Waals surface area contributed by atoms with Crippen LogP contribution in [-0.4, -0.2) is 15.8 Å². The summed E-state index contributed by atoms with van der Waals surface area (Å²) in [7, 11) is 0. The van der Waals surface area contributed by atoms with Crippen LogP contribution in [0, 0.1) is 0 Å². The normalized spacial score (nSPS) is 14.4. The Hall–Kier alpha value is -2.20. The van der Waals surface area contributed by atoms with Gasteiger partial charge in [-0.2, -0.15) is 0 Å². The first-order chi connectivity index (χ1) is 11.2. The van der Waals surface area contributed by atoms with Gasteiger partial charge in [0.1, 0.15) is 0 Å². The van der Waals surface area contributed by atoms with Crippen molar-refractivity contribution in [3.63, 3.8) is 0 Å². The van der Waals surface area contributed by atoms with E-state index < -0.39 is 0 Å². The Morgan fingerprint density at radius 3 is 2.78 bits per heavy atom. The van der Waals surface area contributed by atoms with E-state index in [1.54, 1.807) is 18.1 Å². The molecule has 0 amide bonds. The predicted molar refractivity (Wildman–Crippen MR) is 101 cm³/mol. The van der Waals surface area contributed by atoms with Crippen LogP contribution >= 0.6 is 11.9 Å². The molecule has 1 aliphatic rings. The van der Waals surface area contributed by atoms with E-state index in [-0.39, 0.29) is 5.56 Å². The average Bonchev–Trinajstić information content (AvgIpc) is 2.91. The second kappa shape index (κ2) is 7.88. The maximum absolute atomic E-state index is 11.9. The van der Waals surface area contributed by atoms with Crippen molar-refractivity contribution >= 4 is 22.7 Å². The Kier molecular flexibility index (Phi) is 5.88. The van der Waals surface area contributed by atoms with Crippen molar-refractivity contribution in [1.29, 1.82) is 0 Å². The van der Waals surface area contributed by atoms with Crippen LogP contribution in [0.1, 0.15) is 20.3 Å². The quantitative estimate of drug-likeness (QED) is 0.644. The van der Waals surface area contributed by atoms with Gasteiger partial charge in [0.25, 0.3) is 5.56 Å². The molecule has 1 aromatic carbocycles. The molecule has 0 spiro atoms. The average molecular weight is 326 g/mol. The molecule has 0 aliphatic carbocycles.